The number of hydrogen-bond donors (Lipinski definition) is 5. The molecule has 398 valence electrons. The summed E-state index contributed by atoms with van der Waals surface area (Å²) >= 11 is 0. The Hall–Kier alpha value is -4.96. The molecule has 1 fully saturated rings. The van der Waals surface area contributed by atoms with Crippen molar-refractivity contribution in [3.8, 4) is 0 Å². The number of pyridine rings is 1. The molecule has 1 atom stereocenters. The van der Waals surface area contributed by atoms with Crippen LogP contribution in [0.1, 0.15) is 43.1 Å². The van der Waals surface area contributed by atoms with Gasteiger partial charge in [0.05, 0.1) is 92.3 Å². The van der Waals surface area contributed by atoms with Crippen molar-refractivity contribution in [1.82, 2.24) is 39.9 Å². The second-order valence-corrected chi connectivity index (χ2v) is 16.0. The standard InChI is InChI=1S/C45H76N8O17/c1-2-25-65-29-33-69-34-30-66-26-8-41(57)47-10-27-67-31-35-70-36-32-68-28-22-52(44(61)38-4-3-5-42(58)53(38)64)11-9-46-40(56)7-6-39(45(62)63)51-18-16-49(21-24-55)13-12-48(20-23-54)14-15-50(17-19-51)37-43(59)60/h3-5,23-24,39,64H,2,6-22,25-37H2,1H3,(H,46,56)(H,47,57)(H,59,60)(H,62,63). The molecule has 70 heavy (non-hydrogen) atoms. The van der Waals surface area contributed by atoms with E-state index in [1.54, 1.807) is 9.80 Å². The van der Waals surface area contributed by atoms with E-state index in [4.69, 9.17) is 28.4 Å². The SMILES string of the molecule is CCCOCCOCCOCCC(=O)NCCOCCOCCOCCN(CCNC(=O)CCC(C(=O)O)N1CCN(CC=O)CCN(CC=O)CCN(CC(=O)O)CC1)C(=O)c1cccc(=O)n1O. The molecule has 25 heteroatoms. The Balaban J connectivity index is 1.81. The van der Waals surface area contributed by atoms with Crippen LogP contribution in [0.15, 0.2) is 23.0 Å². The van der Waals surface area contributed by atoms with Crippen LogP contribution < -0.4 is 16.2 Å². The third-order valence-electron chi connectivity index (χ3n) is 10.8. The highest BCUT2D eigenvalue weighted by molar-refractivity contribution is 5.92. The minimum absolute atomic E-state index is 0.00731. The zero-order chi connectivity index (χ0) is 51.2. The van der Waals surface area contributed by atoms with Gasteiger partial charge in [-0.1, -0.05) is 13.0 Å². The van der Waals surface area contributed by atoms with E-state index in [1.807, 2.05) is 16.7 Å². The zero-order valence-electron chi connectivity index (χ0n) is 40.6. The number of hydrogen-bond acceptors (Lipinski definition) is 19. The number of rotatable bonds is 38. The molecule has 1 aliphatic heterocycles. The fraction of sp³-hybridized carbons (Fsp3) is 0.733. The molecule has 0 spiro atoms. The first-order chi connectivity index (χ1) is 33.9. The Kier molecular flexibility index (Phi) is 33.9. The van der Waals surface area contributed by atoms with E-state index >= 15 is 0 Å². The summed E-state index contributed by atoms with van der Waals surface area (Å²) in [4.78, 5) is 106. The van der Waals surface area contributed by atoms with Crippen LogP contribution >= 0.6 is 0 Å². The predicted molar refractivity (Wildman–Crippen MR) is 251 cm³/mol. The van der Waals surface area contributed by atoms with Crippen LogP contribution in [0.25, 0.3) is 0 Å². The topological polar surface area (TPSA) is 298 Å². The van der Waals surface area contributed by atoms with Crippen molar-refractivity contribution >= 4 is 42.2 Å². The van der Waals surface area contributed by atoms with Gasteiger partial charge in [-0.05, 0) is 18.9 Å². The number of ether oxygens (including phenoxy) is 6. The van der Waals surface area contributed by atoms with Crippen LogP contribution in [0, 0.1) is 0 Å². The number of nitrogens with zero attached hydrogens (tertiary/aromatic N) is 6. The Morgan fingerprint density at radius 1 is 0.643 bits per heavy atom. The first kappa shape index (κ1) is 61.2. The molecule has 5 N–H and O–H groups in total. The highest BCUT2D eigenvalue weighted by atomic mass is 16.5. The second kappa shape index (κ2) is 38.8. The Morgan fingerprint density at radius 3 is 1.71 bits per heavy atom. The molecular weight excluding hydrogens is 925 g/mol. The van der Waals surface area contributed by atoms with Gasteiger partial charge in [0, 0.05) is 104 Å². The molecule has 1 aromatic rings. The molecule has 1 unspecified atom stereocenters. The summed E-state index contributed by atoms with van der Waals surface area (Å²) in [6.07, 6.45) is 2.38. The average molecular weight is 1000 g/mol. The average Bonchev–Trinajstić information content (AvgIpc) is 3.32. The summed E-state index contributed by atoms with van der Waals surface area (Å²) in [5.41, 5.74) is -1.12. The summed E-state index contributed by atoms with van der Waals surface area (Å²) in [6, 6.07) is 2.54. The van der Waals surface area contributed by atoms with Crippen molar-refractivity contribution in [2.24, 2.45) is 0 Å². The van der Waals surface area contributed by atoms with Gasteiger partial charge in [0.25, 0.3) is 11.5 Å². The Morgan fingerprint density at radius 2 is 1.14 bits per heavy atom. The van der Waals surface area contributed by atoms with Crippen molar-refractivity contribution in [3.05, 3.63) is 34.2 Å². The van der Waals surface area contributed by atoms with Crippen LogP contribution in [0.2, 0.25) is 0 Å². The third kappa shape index (κ3) is 28.0. The van der Waals surface area contributed by atoms with Gasteiger partial charge in [-0.3, -0.25) is 48.4 Å². The molecule has 1 saturated heterocycles. The summed E-state index contributed by atoms with van der Waals surface area (Å²) < 4.78 is 33.0. The van der Waals surface area contributed by atoms with E-state index in [2.05, 4.69) is 10.6 Å². The van der Waals surface area contributed by atoms with Gasteiger partial charge in [-0.25, -0.2) is 0 Å². The first-order valence-corrected chi connectivity index (χ1v) is 23.8. The monoisotopic (exact) mass is 1000 g/mol. The molecule has 25 nitrogen and oxygen atoms in total. The number of carbonyl (C=O) groups excluding carboxylic acids is 5. The van der Waals surface area contributed by atoms with Crippen LogP contribution in [-0.2, 0) is 57.2 Å². The van der Waals surface area contributed by atoms with E-state index in [9.17, 15) is 53.8 Å². The van der Waals surface area contributed by atoms with Crippen LogP contribution in [-0.4, -0.2) is 270 Å². The molecule has 1 aliphatic rings. The molecule has 0 saturated carbocycles. The summed E-state index contributed by atoms with van der Waals surface area (Å²) in [6.45, 7) is 8.67. The molecule has 3 amide bonds. The second-order valence-electron chi connectivity index (χ2n) is 16.0. The largest absolute Gasteiger partial charge is 0.480 e. The number of nitrogens with one attached hydrogen (secondary N) is 2. The summed E-state index contributed by atoms with van der Waals surface area (Å²) in [5, 5.41) is 35.6. The van der Waals surface area contributed by atoms with E-state index in [0.717, 1.165) is 25.1 Å². The molecule has 2 rings (SSSR count). The number of aliphatic carboxylic acids is 2. The maximum Gasteiger partial charge on any atom is 0.320 e. The van der Waals surface area contributed by atoms with E-state index < -0.39 is 35.4 Å². The van der Waals surface area contributed by atoms with Crippen molar-refractivity contribution in [3.63, 3.8) is 0 Å². The van der Waals surface area contributed by atoms with Crippen molar-refractivity contribution < 1.29 is 77.4 Å². The Bertz CT molecular complexity index is 1730. The first-order valence-electron chi connectivity index (χ1n) is 23.8. The van der Waals surface area contributed by atoms with Gasteiger partial charge in [-0.15, -0.1) is 4.73 Å². The highest BCUT2D eigenvalue weighted by Crippen LogP contribution is 2.11. The van der Waals surface area contributed by atoms with Crippen LogP contribution in [0.5, 0.6) is 0 Å². The van der Waals surface area contributed by atoms with E-state index in [0.29, 0.717) is 78.9 Å². The fourth-order valence-electron chi connectivity index (χ4n) is 6.98. The minimum Gasteiger partial charge on any atom is -0.480 e. The molecule has 0 radical (unpaired) electrons. The maximum atomic E-state index is 13.5. The Labute approximate surface area is 409 Å². The third-order valence-corrected chi connectivity index (χ3v) is 10.8. The van der Waals surface area contributed by atoms with E-state index in [-0.39, 0.29) is 134 Å². The number of carbonyl (C=O) groups is 7. The number of aromatic nitrogens is 1. The molecular formula is C45H76N8O17. The number of carboxylic acids is 2. The minimum atomic E-state index is -1.18. The van der Waals surface area contributed by atoms with Crippen molar-refractivity contribution in [2.45, 2.75) is 38.6 Å². The quantitative estimate of drug-likeness (QED) is 0.0262. The van der Waals surface area contributed by atoms with Crippen LogP contribution in [0.4, 0.5) is 0 Å². The normalized spacial score (nSPS) is 15.0. The lowest BCUT2D eigenvalue weighted by molar-refractivity contribution is -0.144. The number of carboxylic acid groups (broad SMARTS) is 2. The highest BCUT2D eigenvalue weighted by Gasteiger charge is 2.28. The molecule has 0 aliphatic carbocycles. The lowest BCUT2D eigenvalue weighted by atomic mass is 10.1. The zero-order valence-corrected chi connectivity index (χ0v) is 40.6. The summed E-state index contributed by atoms with van der Waals surface area (Å²) in [7, 11) is 0. The number of aldehydes is 2. The summed E-state index contributed by atoms with van der Waals surface area (Å²) in [5.74, 6) is -3.61. The lowest BCUT2D eigenvalue weighted by Gasteiger charge is -2.35. The van der Waals surface area contributed by atoms with Gasteiger partial charge in [0.15, 0.2) is 0 Å². The molecule has 0 aromatic carbocycles. The van der Waals surface area contributed by atoms with Crippen molar-refractivity contribution in [2.75, 3.05) is 177 Å². The van der Waals surface area contributed by atoms with Gasteiger partial charge in [0.1, 0.15) is 24.3 Å². The van der Waals surface area contributed by atoms with E-state index in [1.165, 1.54) is 17.0 Å². The van der Waals surface area contributed by atoms with Gasteiger partial charge in [-0.2, -0.15) is 0 Å². The molecule has 2 heterocycles. The predicted octanol–water partition coefficient (Wildman–Crippen LogP) is -2.40. The van der Waals surface area contributed by atoms with Crippen LogP contribution in [0.3, 0.4) is 0 Å². The van der Waals surface area contributed by atoms with Gasteiger partial charge in [0.2, 0.25) is 11.8 Å². The van der Waals surface area contributed by atoms with Gasteiger partial charge < -0.3 is 69.0 Å². The maximum absolute atomic E-state index is 13.5. The van der Waals surface area contributed by atoms with Crippen molar-refractivity contribution in [1.29, 1.82) is 0 Å². The lowest BCUT2D eigenvalue weighted by Crippen LogP contribution is -2.51. The molecule has 1 aromatic heterocycles. The van der Waals surface area contributed by atoms with Gasteiger partial charge >= 0.3 is 11.9 Å². The smallest absolute Gasteiger partial charge is 0.320 e. The number of amides is 3. The fourth-order valence-corrected chi connectivity index (χ4v) is 6.98. The molecule has 0 bridgehead atoms.